The summed E-state index contributed by atoms with van der Waals surface area (Å²) in [6.07, 6.45) is 4.29. The molecule has 0 amide bonds. The Hall–Kier alpha value is -2.29. The van der Waals surface area contributed by atoms with Crippen molar-refractivity contribution in [3.8, 4) is 17.6 Å². The predicted octanol–water partition coefficient (Wildman–Crippen LogP) is 2.90. The van der Waals surface area contributed by atoms with Crippen molar-refractivity contribution >= 4 is 10.0 Å². The standard InChI is InChI=1S/C20H21NO3S/c1-24-19-11-8-16(9-12-19)5-4-14-21-25(22,23)20-13-10-17-6-2-3-7-18(17)15-20/h8-13,15,21H,2-3,6-7,14H2,1H3. The van der Waals surface area contributed by atoms with Crippen LogP contribution < -0.4 is 9.46 Å². The Morgan fingerprint density at radius 2 is 1.76 bits per heavy atom. The molecule has 4 nitrogen and oxygen atoms in total. The fraction of sp³-hybridized carbons (Fsp3) is 0.300. The first-order valence-electron chi connectivity index (χ1n) is 8.33. The second-order valence-corrected chi connectivity index (χ2v) is 7.76. The van der Waals surface area contributed by atoms with Gasteiger partial charge in [-0.2, -0.15) is 4.72 Å². The Morgan fingerprint density at radius 3 is 2.48 bits per heavy atom. The summed E-state index contributed by atoms with van der Waals surface area (Å²) in [5.41, 5.74) is 3.23. The van der Waals surface area contributed by atoms with Crippen LogP contribution in [0.4, 0.5) is 0 Å². The minimum absolute atomic E-state index is 0.0748. The van der Waals surface area contributed by atoms with E-state index in [4.69, 9.17) is 4.74 Å². The van der Waals surface area contributed by atoms with Crippen molar-refractivity contribution < 1.29 is 13.2 Å². The lowest BCUT2D eigenvalue weighted by Gasteiger charge is -2.16. The van der Waals surface area contributed by atoms with Crippen LogP contribution in [-0.2, 0) is 22.9 Å². The first-order chi connectivity index (χ1) is 12.1. The van der Waals surface area contributed by atoms with Gasteiger partial charge in [0.25, 0.3) is 0 Å². The van der Waals surface area contributed by atoms with Gasteiger partial charge >= 0.3 is 0 Å². The van der Waals surface area contributed by atoms with Crippen molar-refractivity contribution in [3.63, 3.8) is 0 Å². The fourth-order valence-electron chi connectivity index (χ4n) is 2.91. The van der Waals surface area contributed by atoms with Gasteiger partial charge in [0.1, 0.15) is 5.75 Å². The monoisotopic (exact) mass is 355 g/mol. The molecule has 1 N–H and O–H groups in total. The SMILES string of the molecule is COc1ccc(C#CCNS(=O)(=O)c2ccc3c(c2)CCCC3)cc1. The lowest BCUT2D eigenvalue weighted by molar-refractivity contribution is 0.415. The molecule has 0 radical (unpaired) electrons. The average molecular weight is 355 g/mol. The lowest BCUT2D eigenvalue weighted by atomic mass is 9.92. The Bertz CT molecular complexity index is 906. The quantitative estimate of drug-likeness (QED) is 0.858. The van der Waals surface area contributed by atoms with E-state index in [9.17, 15) is 8.42 Å². The summed E-state index contributed by atoms with van der Waals surface area (Å²) in [4.78, 5) is 0.319. The molecule has 1 aliphatic carbocycles. The molecule has 0 heterocycles. The Kier molecular flexibility index (Phi) is 5.42. The average Bonchev–Trinajstić information content (AvgIpc) is 2.65. The van der Waals surface area contributed by atoms with Crippen LogP contribution in [0.25, 0.3) is 0 Å². The van der Waals surface area contributed by atoms with Gasteiger partial charge in [-0.3, -0.25) is 0 Å². The molecule has 0 saturated carbocycles. The maximum absolute atomic E-state index is 12.4. The summed E-state index contributed by atoms with van der Waals surface area (Å²) in [7, 11) is -1.92. The van der Waals surface area contributed by atoms with E-state index >= 15 is 0 Å². The maximum Gasteiger partial charge on any atom is 0.241 e. The van der Waals surface area contributed by atoms with E-state index in [1.54, 1.807) is 19.2 Å². The van der Waals surface area contributed by atoms with E-state index < -0.39 is 10.0 Å². The van der Waals surface area contributed by atoms with Crippen molar-refractivity contribution in [1.29, 1.82) is 0 Å². The molecule has 0 unspecified atom stereocenters. The zero-order valence-electron chi connectivity index (χ0n) is 14.2. The number of hydrogen-bond acceptors (Lipinski definition) is 3. The maximum atomic E-state index is 12.4. The van der Waals surface area contributed by atoms with Gasteiger partial charge in [0.05, 0.1) is 18.6 Å². The van der Waals surface area contributed by atoms with Crippen LogP contribution in [0.1, 0.15) is 29.5 Å². The van der Waals surface area contributed by atoms with Crippen LogP contribution in [0.3, 0.4) is 0 Å². The zero-order valence-corrected chi connectivity index (χ0v) is 15.0. The Morgan fingerprint density at radius 1 is 1.04 bits per heavy atom. The van der Waals surface area contributed by atoms with Crippen molar-refractivity contribution in [2.24, 2.45) is 0 Å². The molecule has 2 aromatic rings. The molecule has 0 aromatic heterocycles. The largest absolute Gasteiger partial charge is 0.497 e. The molecule has 1 aliphatic rings. The highest BCUT2D eigenvalue weighted by molar-refractivity contribution is 7.89. The normalized spacial score (nSPS) is 13.5. The van der Waals surface area contributed by atoms with Crippen LogP contribution in [0.15, 0.2) is 47.4 Å². The third-order valence-electron chi connectivity index (χ3n) is 4.30. The fourth-order valence-corrected chi connectivity index (χ4v) is 3.89. The van der Waals surface area contributed by atoms with Crippen LogP contribution in [0, 0.1) is 11.8 Å². The minimum atomic E-state index is -3.53. The van der Waals surface area contributed by atoms with Crippen molar-refractivity contribution in [2.75, 3.05) is 13.7 Å². The molecule has 0 fully saturated rings. The topological polar surface area (TPSA) is 55.4 Å². The summed E-state index contributed by atoms with van der Waals surface area (Å²) >= 11 is 0. The van der Waals surface area contributed by atoms with E-state index in [-0.39, 0.29) is 6.54 Å². The number of methoxy groups -OCH3 is 1. The summed E-state index contributed by atoms with van der Waals surface area (Å²) in [5, 5.41) is 0. The summed E-state index contributed by atoms with van der Waals surface area (Å²) in [6.45, 7) is 0.0748. The molecule has 0 aliphatic heterocycles. The summed E-state index contributed by atoms with van der Waals surface area (Å²) < 4.78 is 32.5. The van der Waals surface area contributed by atoms with Crippen LogP contribution in [0.5, 0.6) is 5.75 Å². The first-order valence-corrected chi connectivity index (χ1v) is 9.81. The highest BCUT2D eigenvalue weighted by Gasteiger charge is 2.16. The van der Waals surface area contributed by atoms with Crippen LogP contribution in [0.2, 0.25) is 0 Å². The minimum Gasteiger partial charge on any atom is -0.497 e. The molecule has 0 spiro atoms. The van der Waals surface area contributed by atoms with Crippen molar-refractivity contribution in [1.82, 2.24) is 4.72 Å². The molecular weight excluding hydrogens is 334 g/mol. The highest BCUT2D eigenvalue weighted by Crippen LogP contribution is 2.23. The van der Waals surface area contributed by atoms with E-state index in [1.807, 2.05) is 30.3 Å². The van der Waals surface area contributed by atoms with Crippen LogP contribution >= 0.6 is 0 Å². The Balaban J connectivity index is 1.65. The summed E-state index contributed by atoms with van der Waals surface area (Å²) in [5.74, 6) is 6.55. The molecule has 2 aromatic carbocycles. The second-order valence-electron chi connectivity index (χ2n) is 5.99. The third-order valence-corrected chi connectivity index (χ3v) is 5.70. The van der Waals surface area contributed by atoms with Crippen molar-refractivity contribution in [3.05, 3.63) is 59.2 Å². The number of fused-ring (bicyclic) bond motifs is 1. The molecule has 0 atom stereocenters. The predicted molar refractivity (Wildman–Crippen MR) is 98.1 cm³/mol. The van der Waals surface area contributed by atoms with E-state index in [0.29, 0.717) is 4.90 Å². The van der Waals surface area contributed by atoms with E-state index in [1.165, 1.54) is 12.0 Å². The zero-order chi connectivity index (χ0) is 17.7. The van der Waals surface area contributed by atoms with E-state index in [0.717, 1.165) is 36.1 Å². The second kappa shape index (κ2) is 7.73. The van der Waals surface area contributed by atoms with Crippen LogP contribution in [-0.4, -0.2) is 22.1 Å². The molecule has 5 heteroatoms. The van der Waals surface area contributed by atoms with Gasteiger partial charge in [-0.1, -0.05) is 17.9 Å². The van der Waals surface area contributed by atoms with Gasteiger partial charge in [0, 0.05) is 5.56 Å². The molecule has 130 valence electrons. The Labute approximate surface area is 149 Å². The highest BCUT2D eigenvalue weighted by atomic mass is 32.2. The number of ether oxygens (including phenoxy) is 1. The number of nitrogens with one attached hydrogen (secondary N) is 1. The number of aryl methyl sites for hydroxylation is 2. The number of hydrogen-bond donors (Lipinski definition) is 1. The van der Waals surface area contributed by atoms with Gasteiger partial charge in [-0.25, -0.2) is 8.42 Å². The smallest absolute Gasteiger partial charge is 0.241 e. The van der Waals surface area contributed by atoms with Crippen molar-refractivity contribution in [2.45, 2.75) is 30.6 Å². The molecule has 25 heavy (non-hydrogen) atoms. The first kappa shape index (κ1) is 17.5. The molecule has 0 saturated heterocycles. The lowest BCUT2D eigenvalue weighted by Crippen LogP contribution is -2.24. The van der Waals surface area contributed by atoms with Gasteiger partial charge in [-0.05, 0) is 73.2 Å². The molecular formula is C20H21NO3S. The van der Waals surface area contributed by atoms with Gasteiger partial charge < -0.3 is 4.74 Å². The van der Waals surface area contributed by atoms with Gasteiger partial charge in [-0.15, -0.1) is 0 Å². The van der Waals surface area contributed by atoms with E-state index in [2.05, 4.69) is 16.6 Å². The molecule has 0 bridgehead atoms. The summed E-state index contributed by atoms with van der Waals surface area (Å²) in [6, 6.07) is 12.7. The van der Waals surface area contributed by atoms with Gasteiger partial charge in [0.2, 0.25) is 10.0 Å². The number of sulfonamides is 1. The number of benzene rings is 2. The third kappa shape index (κ3) is 4.41. The molecule has 3 rings (SSSR count). The van der Waals surface area contributed by atoms with Gasteiger partial charge in [0.15, 0.2) is 0 Å². The number of rotatable bonds is 4.